The lowest BCUT2D eigenvalue weighted by molar-refractivity contribution is -0.117. The fourth-order valence-electron chi connectivity index (χ4n) is 3.05. The Labute approximate surface area is 173 Å². The first-order valence-corrected chi connectivity index (χ1v) is 9.62. The first-order chi connectivity index (χ1) is 14.5. The van der Waals surface area contributed by atoms with E-state index < -0.39 is 5.91 Å². The number of anilines is 3. The van der Waals surface area contributed by atoms with E-state index in [9.17, 15) is 9.59 Å². The first kappa shape index (κ1) is 19.3. The molecule has 0 saturated heterocycles. The van der Waals surface area contributed by atoms with Gasteiger partial charge in [0, 0.05) is 34.6 Å². The Morgan fingerprint density at radius 1 is 0.933 bits per heavy atom. The molecule has 5 N–H and O–H groups in total. The Kier molecular flexibility index (Phi) is 5.26. The standard InChI is InChI=1S/C23H21N5O2/c24-20-9-8-15(16-10-18(13-26-12-16)28-22(29)14-6-7-14)11-19(20)21(25)23(30)27-17-4-2-1-3-5-17/h1-5,8-14,25H,6-7,24H2,(H,27,30)(H,28,29). The van der Waals surface area contributed by atoms with Crippen molar-refractivity contribution in [2.75, 3.05) is 16.4 Å². The maximum Gasteiger partial charge on any atom is 0.274 e. The topological polar surface area (TPSA) is 121 Å². The molecule has 4 rings (SSSR count). The second-order valence-corrected chi connectivity index (χ2v) is 7.22. The van der Waals surface area contributed by atoms with Gasteiger partial charge in [-0.05, 0) is 48.7 Å². The molecule has 0 aliphatic heterocycles. The predicted molar refractivity (Wildman–Crippen MR) is 117 cm³/mol. The van der Waals surface area contributed by atoms with Crippen molar-refractivity contribution in [3.05, 3.63) is 72.6 Å². The summed E-state index contributed by atoms with van der Waals surface area (Å²) in [7, 11) is 0. The van der Waals surface area contributed by atoms with Crippen molar-refractivity contribution in [2.45, 2.75) is 12.8 Å². The summed E-state index contributed by atoms with van der Waals surface area (Å²) in [6.45, 7) is 0. The number of benzene rings is 2. The molecule has 1 fully saturated rings. The minimum absolute atomic E-state index is 0.00584. The third-order valence-corrected chi connectivity index (χ3v) is 4.87. The van der Waals surface area contributed by atoms with Crippen molar-refractivity contribution in [1.29, 1.82) is 5.41 Å². The van der Waals surface area contributed by atoms with Gasteiger partial charge in [0.25, 0.3) is 5.91 Å². The number of aromatic nitrogens is 1. The van der Waals surface area contributed by atoms with Crippen LogP contribution in [0.3, 0.4) is 0 Å². The van der Waals surface area contributed by atoms with Gasteiger partial charge in [0.2, 0.25) is 5.91 Å². The fraction of sp³-hybridized carbons (Fsp3) is 0.130. The lowest BCUT2D eigenvalue weighted by Crippen LogP contribution is -2.23. The number of hydrogen-bond acceptors (Lipinski definition) is 5. The maximum absolute atomic E-state index is 12.5. The average molecular weight is 399 g/mol. The molecule has 0 spiro atoms. The highest BCUT2D eigenvalue weighted by Crippen LogP contribution is 2.31. The minimum atomic E-state index is -0.548. The van der Waals surface area contributed by atoms with Gasteiger partial charge in [-0.3, -0.25) is 20.0 Å². The van der Waals surface area contributed by atoms with Gasteiger partial charge < -0.3 is 16.4 Å². The molecule has 0 radical (unpaired) electrons. The summed E-state index contributed by atoms with van der Waals surface area (Å²) in [5.41, 5.74) is 9.17. The molecule has 7 heteroatoms. The van der Waals surface area contributed by atoms with E-state index in [0.717, 1.165) is 24.0 Å². The van der Waals surface area contributed by atoms with Crippen molar-refractivity contribution in [3.8, 4) is 11.1 Å². The SMILES string of the molecule is N=C(C(=O)Nc1ccccc1)c1cc(-c2cncc(NC(=O)C3CC3)c2)ccc1N. The Hall–Kier alpha value is -4.00. The van der Waals surface area contributed by atoms with E-state index in [0.29, 0.717) is 22.6 Å². The van der Waals surface area contributed by atoms with Gasteiger partial charge >= 0.3 is 0 Å². The number of pyridine rings is 1. The van der Waals surface area contributed by atoms with Gasteiger partial charge in [-0.15, -0.1) is 0 Å². The van der Waals surface area contributed by atoms with E-state index >= 15 is 0 Å². The van der Waals surface area contributed by atoms with E-state index in [1.165, 1.54) is 0 Å². The fourth-order valence-corrected chi connectivity index (χ4v) is 3.05. The lowest BCUT2D eigenvalue weighted by Gasteiger charge is -2.12. The molecular weight excluding hydrogens is 378 g/mol. The highest BCUT2D eigenvalue weighted by Gasteiger charge is 2.29. The van der Waals surface area contributed by atoms with Gasteiger partial charge in [-0.25, -0.2) is 0 Å². The van der Waals surface area contributed by atoms with E-state index in [-0.39, 0.29) is 17.5 Å². The zero-order chi connectivity index (χ0) is 21.1. The molecule has 7 nitrogen and oxygen atoms in total. The van der Waals surface area contributed by atoms with E-state index in [1.807, 2.05) is 12.1 Å². The summed E-state index contributed by atoms with van der Waals surface area (Å²) < 4.78 is 0. The maximum atomic E-state index is 12.5. The van der Waals surface area contributed by atoms with Gasteiger partial charge in [-0.2, -0.15) is 0 Å². The van der Waals surface area contributed by atoms with Gasteiger partial charge in [-0.1, -0.05) is 24.3 Å². The third-order valence-electron chi connectivity index (χ3n) is 4.87. The van der Waals surface area contributed by atoms with E-state index in [2.05, 4.69) is 15.6 Å². The normalized spacial score (nSPS) is 12.8. The third kappa shape index (κ3) is 4.35. The molecule has 3 aromatic rings. The number of carbonyl (C=O) groups excluding carboxylic acids is 2. The molecule has 30 heavy (non-hydrogen) atoms. The number of nitrogens with two attached hydrogens (primary N) is 1. The lowest BCUT2D eigenvalue weighted by atomic mass is 9.99. The number of carbonyl (C=O) groups is 2. The molecule has 150 valence electrons. The molecule has 0 unspecified atom stereocenters. The Bertz CT molecular complexity index is 1120. The Balaban J connectivity index is 1.56. The monoisotopic (exact) mass is 399 g/mol. The molecule has 2 aromatic carbocycles. The van der Waals surface area contributed by atoms with Crippen LogP contribution in [0, 0.1) is 11.3 Å². The van der Waals surface area contributed by atoms with Crippen LogP contribution in [0.1, 0.15) is 18.4 Å². The zero-order valence-electron chi connectivity index (χ0n) is 16.2. The molecule has 2 amide bonds. The van der Waals surface area contributed by atoms with Crippen molar-refractivity contribution in [2.24, 2.45) is 5.92 Å². The molecular formula is C23H21N5O2. The van der Waals surface area contributed by atoms with Gasteiger partial charge in [0.05, 0.1) is 11.9 Å². The van der Waals surface area contributed by atoms with Crippen LogP contribution in [-0.4, -0.2) is 22.5 Å². The largest absolute Gasteiger partial charge is 0.398 e. The van der Waals surface area contributed by atoms with Crippen LogP contribution >= 0.6 is 0 Å². The highest BCUT2D eigenvalue weighted by atomic mass is 16.2. The van der Waals surface area contributed by atoms with Crippen LogP contribution in [0.15, 0.2) is 67.0 Å². The zero-order valence-corrected chi connectivity index (χ0v) is 16.2. The smallest absolute Gasteiger partial charge is 0.274 e. The summed E-state index contributed by atoms with van der Waals surface area (Å²) in [4.78, 5) is 28.7. The molecule has 1 aliphatic carbocycles. The molecule has 0 bridgehead atoms. The van der Waals surface area contributed by atoms with Gasteiger partial charge in [0.1, 0.15) is 5.71 Å². The van der Waals surface area contributed by atoms with Crippen LogP contribution in [0.4, 0.5) is 17.1 Å². The van der Waals surface area contributed by atoms with Crippen molar-refractivity contribution in [3.63, 3.8) is 0 Å². The second-order valence-electron chi connectivity index (χ2n) is 7.22. The van der Waals surface area contributed by atoms with Crippen molar-refractivity contribution >= 4 is 34.6 Å². The molecule has 1 heterocycles. The van der Waals surface area contributed by atoms with Gasteiger partial charge in [0.15, 0.2) is 0 Å². The summed E-state index contributed by atoms with van der Waals surface area (Å²) in [6.07, 6.45) is 5.11. The van der Waals surface area contributed by atoms with Crippen LogP contribution in [0.25, 0.3) is 11.1 Å². The summed E-state index contributed by atoms with van der Waals surface area (Å²) in [5.74, 6) is -0.444. The molecule has 1 aliphatic rings. The van der Waals surface area contributed by atoms with Crippen LogP contribution in [-0.2, 0) is 9.59 Å². The average Bonchev–Trinajstić information content (AvgIpc) is 3.60. The summed E-state index contributed by atoms with van der Waals surface area (Å²) >= 11 is 0. The van der Waals surface area contributed by atoms with Crippen molar-refractivity contribution in [1.82, 2.24) is 4.98 Å². The molecule has 1 saturated carbocycles. The summed E-state index contributed by atoms with van der Waals surface area (Å²) in [5, 5.41) is 13.9. The quantitative estimate of drug-likeness (QED) is 0.373. The Morgan fingerprint density at radius 2 is 1.70 bits per heavy atom. The number of para-hydroxylation sites is 1. The number of nitrogens with zero attached hydrogens (tertiary/aromatic N) is 1. The number of nitrogen functional groups attached to an aromatic ring is 1. The molecule has 1 aromatic heterocycles. The van der Waals surface area contributed by atoms with Crippen molar-refractivity contribution < 1.29 is 9.59 Å². The first-order valence-electron chi connectivity index (χ1n) is 9.62. The molecule has 0 atom stereocenters. The van der Waals surface area contributed by atoms with Crippen LogP contribution in [0.2, 0.25) is 0 Å². The minimum Gasteiger partial charge on any atom is -0.398 e. The summed E-state index contributed by atoms with van der Waals surface area (Å²) in [6, 6.07) is 15.9. The van der Waals surface area contributed by atoms with E-state index in [4.69, 9.17) is 11.1 Å². The number of hydrogen-bond donors (Lipinski definition) is 4. The number of nitrogens with one attached hydrogen (secondary N) is 3. The van der Waals surface area contributed by atoms with Crippen LogP contribution in [0.5, 0.6) is 0 Å². The number of rotatable bonds is 6. The predicted octanol–water partition coefficient (Wildman–Crippen LogP) is 3.69. The Morgan fingerprint density at radius 3 is 2.43 bits per heavy atom. The highest BCUT2D eigenvalue weighted by molar-refractivity contribution is 6.48. The van der Waals surface area contributed by atoms with E-state index in [1.54, 1.807) is 54.9 Å². The number of amides is 2. The van der Waals surface area contributed by atoms with Crippen LogP contribution < -0.4 is 16.4 Å². The second kappa shape index (κ2) is 8.16.